The number of likely N-dealkylation sites (tertiary alicyclic amines) is 1. The summed E-state index contributed by atoms with van der Waals surface area (Å²) < 4.78 is 0. The maximum absolute atomic E-state index is 12.9. The van der Waals surface area contributed by atoms with Gasteiger partial charge in [-0.2, -0.15) is 0 Å². The Hall–Kier alpha value is -3.74. The zero-order valence-electron chi connectivity index (χ0n) is 17.9. The number of hydrogen-bond donors (Lipinski definition) is 2. The number of piperidine rings is 1. The Bertz CT molecular complexity index is 1120. The fraction of sp³-hybridized carbons (Fsp3) is 0.280. The van der Waals surface area contributed by atoms with E-state index in [4.69, 9.17) is 11.5 Å². The molecule has 4 rings (SSSR count). The lowest BCUT2D eigenvalue weighted by atomic mass is 9.89. The molecular formula is C25H27N5O2. The molecule has 32 heavy (non-hydrogen) atoms. The first kappa shape index (κ1) is 21.5. The minimum absolute atomic E-state index is 0.0435. The Labute approximate surface area is 187 Å². The molecule has 0 saturated carbocycles. The molecule has 1 aromatic heterocycles. The number of nitrogens with two attached hydrogens (primary N) is 2. The Morgan fingerprint density at radius 2 is 1.91 bits per heavy atom. The number of primary amides is 1. The van der Waals surface area contributed by atoms with Gasteiger partial charge in [0.2, 0.25) is 17.8 Å². The van der Waals surface area contributed by atoms with Crippen LogP contribution in [-0.2, 0) is 11.2 Å². The SMILES string of the molecule is NC(=O)c1cccc(-c2cnc(N)nc2C2CCCN(C(=O)CCc3ccccc3)C2)c1. The van der Waals surface area contributed by atoms with E-state index in [1.54, 1.807) is 24.4 Å². The number of benzene rings is 2. The van der Waals surface area contributed by atoms with Gasteiger partial charge in [-0.3, -0.25) is 9.59 Å². The van der Waals surface area contributed by atoms with Gasteiger partial charge >= 0.3 is 0 Å². The first-order valence-corrected chi connectivity index (χ1v) is 10.9. The van der Waals surface area contributed by atoms with Crippen molar-refractivity contribution < 1.29 is 9.59 Å². The van der Waals surface area contributed by atoms with Crippen LogP contribution in [0.2, 0.25) is 0 Å². The molecule has 1 aliphatic rings. The lowest BCUT2D eigenvalue weighted by molar-refractivity contribution is -0.132. The molecule has 2 aromatic carbocycles. The first-order valence-electron chi connectivity index (χ1n) is 10.9. The molecule has 1 aliphatic heterocycles. The van der Waals surface area contributed by atoms with Gasteiger partial charge in [0.05, 0.1) is 5.69 Å². The van der Waals surface area contributed by atoms with Crippen LogP contribution >= 0.6 is 0 Å². The molecule has 0 bridgehead atoms. The summed E-state index contributed by atoms with van der Waals surface area (Å²) in [7, 11) is 0. The normalized spacial score (nSPS) is 16.0. The molecule has 1 saturated heterocycles. The van der Waals surface area contributed by atoms with Crippen LogP contribution in [0.15, 0.2) is 60.8 Å². The molecule has 4 N–H and O–H groups in total. The molecule has 3 aromatic rings. The third kappa shape index (κ3) is 4.94. The van der Waals surface area contributed by atoms with Gasteiger partial charge in [-0.15, -0.1) is 0 Å². The summed E-state index contributed by atoms with van der Waals surface area (Å²) in [6, 6.07) is 17.2. The van der Waals surface area contributed by atoms with Crippen LogP contribution in [0, 0.1) is 0 Å². The van der Waals surface area contributed by atoms with Crippen molar-refractivity contribution in [3.05, 3.63) is 77.6 Å². The van der Waals surface area contributed by atoms with E-state index in [1.807, 2.05) is 41.3 Å². The van der Waals surface area contributed by atoms with Crippen LogP contribution in [0.3, 0.4) is 0 Å². The lowest BCUT2D eigenvalue weighted by Crippen LogP contribution is -2.39. The summed E-state index contributed by atoms with van der Waals surface area (Å²) in [4.78, 5) is 35.2. The number of nitrogens with zero attached hydrogens (tertiary/aromatic N) is 3. The summed E-state index contributed by atoms with van der Waals surface area (Å²) >= 11 is 0. The molecule has 0 aliphatic carbocycles. The van der Waals surface area contributed by atoms with Crippen LogP contribution in [0.5, 0.6) is 0 Å². The van der Waals surface area contributed by atoms with Gasteiger partial charge in [-0.05, 0) is 42.5 Å². The third-order valence-electron chi connectivity index (χ3n) is 5.93. The van der Waals surface area contributed by atoms with E-state index >= 15 is 0 Å². The molecule has 2 heterocycles. The van der Waals surface area contributed by atoms with E-state index in [1.165, 1.54) is 0 Å². The van der Waals surface area contributed by atoms with Gasteiger partial charge in [0, 0.05) is 42.8 Å². The van der Waals surface area contributed by atoms with E-state index in [2.05, 4.69) is 9.97 Å². The number of hydrogen-bond acceptors (Lipinski definition) is 5. The van der Waals surface area contributed by atoms with Crippen molar-refractivity contribution in [3.63, 3.8) is 0 Å². The largest absolute Gasteiger partial charge is 0.368 e. The van der Waals surface area contributed by atoms with Crippen molar-refractivity contribution in [1.82, 2.24) is 14.9 Å². The van der Waals surface area contributed by atoms with E-state index in [9.17, 15) is 9.59 Å². The maximum Gasteiger partial charge on any atom is 0.248 e. The predicted molar refractivity (Wildman–Crippen MR) is 124 cm³/mol. The molecular weight excluding hydrogens is 402 g/mol. The Kier molecular flexibility index (Phi) is 6.44. The number of amides is 2. The topological polar surface area (TPSA) is 115 Å². The highest BCUT2D eigenvalue weighted by Crippen LogP contribution is 2.34. The molecule has 1 fully saturated rings. The molecule has 7 heteroatoms. The summed E-state index contributed by atoms with van der Waals surface area (Å²) in [5, 5.41) is 0. The standard InChI is InChI=1S/C25H27N5O2/c26-24(32)19-9-4-8-18(14-19)21-15-28-25(27)29-23(21)20-10-5-13-30(16-20)22(31)12-11-17-6-2-1-3-7-17/h1-4,6-9,14-15,20H,5,10-13,16H2,(H2,26,32)(H2,27,28,29). The van der Waals surface area contributed by atoms with E-state index < -0.39 is 5.91 Å². The van der Waals surface area contributed by atoms with Crippen LogP contribution in [0.25, 0.3) is 11.1 Å². The minimum atomic E-state index is -0.488. The van der Waals surface area contributed by atoms with Gasteiger partial charge < -0.3 is 16.4 Å². The van der Waals surface area contributed by atoms with Crippen molar-refractivity contribution in [2.45, 2.75) is 31.6 Å². The average molecular weight is 430 g/mol. The van der Waals surface area contributed by atoms with Gasteiger partial charge in [0.15, 0.2) is 0 Å². The van der Waals surface area contributed by atoms with E-state index in [0.717, 1.165) is 48.2 Å². The Morgan fingerprint density at radius 1 is 1.09 bits per heavy atom. The summed E-state index contributed by atoms with van der Waals surface area (Å²) in [5.74, 6) is -0.0974. The van der Waals surface area contributed by atoms with Gasteiger partial charge in [0.25, 0.3) is 0 Å². The third-order valence-corrected chi connectivity index (χ3v) is 5.93. The van der Waals surface area contributed by atoms with Crippen molar-refractivity contribution in [2.75, 3.05) is 18.8 Å². The number of nitrogen functional groups attached to an aromatic ring is 1. The van der Waals surface area contributed by atoms with Gasteiger partial charge in [0.1, 0.15) is 0 Å². The fourth-order valence-electron chi connectivity index (χ4n) is 4.26. The van der Waals surface area contributed by atoms with Crippen molar-refractivity contribution in [1.29, 1.82) is 0 Å². The fourth-order valence-corrected chi connectivity index (χ4v) is 4.26. The molecule has 1 unspecified atom stereocenters. The highest BCUT2D eigenvalue weighted by Gasteiger charge is 2.28. The second-order valence-electron chi connectivity index (χ2n) is 8.14. The molecule has 164 valence electrons. The zero-order chi connectivity index (χ0) is 22.5. The number of anilines is 1. The monoisotopic (exact) mass is 429 g/mol. The molecule has 7 nitrogen and oxygen atoms in total. The first-order chi connectivity index (χ1) is 15.5. The Balaban J connectivity index is 1.54. The summed E-state index contributed by atoms with van der Waals surface area (Å²) in [6.45, 7) is 1.34. The molecule has 1 atom stereocenters. The van der Waals surface area contributed by atoms with E-state index in [0.29, 0.717) is 18.5 Å². The van der Waals surface area contributed by atoms with E-state index in [-0.39, 0.29) is 17.8 Å². The van der Waals surface area contributed by atoms with Crippen LogP contribution in [0.1, 0.15) is 46.8 Å². The van der Waals surface area contributed by atoms with Gasteiger partial charge in [-0.25, -0.2) is 9.97 Å². The average Bonchev–Trinajstić information content (AvgIpc) is 2.83. The highest BCUT2D eigenvalue weighted by molar-refractivity contribution is 5.94. The maximum atomic E-state index is 12.9. The predicted octanol–water partition coefficient (Wildman–Crippen LogP) is 3.16. The van der Waals surface area contributed by atoms with Crippen LogP contribution in [-0.4, -0.2) is 39.8 Å². The Morgan fingerprint density at radius 3 is 2.69 bits per heavy atom. The van der Waals surface area contributed by atoms with Crippen LogP contribution in [0.4, 0.5) is 5.95 Å². The zero-order valence-corrected chi connectivity index (χ0v) is 17.9. The summed E-state index contributed by atoms with van der Waals surface area (Å²) in [5.41, 5.74) is 15.4. The van der Waals surface area contributed by atoms with Crippen LogP contribution < -0.4 is 11.5 Å². The number of carbonyl (C=O) groups is 2. The second-order valence-corrected chi connectivity index (χ2v) is 8.14. The van der Waals surface area contributed by atoms with Crippen molar-refractivity contribution in [2.24, 2.45) is 5.73 Å². The second kappa shape index (κ2) is 9.60. The smallest absolute Gasteiger partial charge is 0.248 e. The number of carbonyl (C=O) groups excluding carboxylic acids is 2. The molecule has 0 radical (unpaired) electrons. The number of rotatable bonds is 6. The molecule has 0 spiro atoms. The van der Waals surface area contributed by atoms with Gasteiger partial charge in [-0.1, -0.05) is 42.5 Å². The molecule has 2 amide bonds. The minimum Gasteiger partial charge on any atom is -0.368 e. The summed E-state index contributed by atoms with van der Waals surface area (Å²) in [6.07, 6.45) is 4.70. The quantitative estimate of drug-likeness (QED) is 0.624. The lowest BCUT2D eigenvalue weighted by Gasteiger charge is -2.33. The number of aromatic nitrogens is 2. The number of aryl methyl sites for hydroxylation is 1. The van der Waals surface area contributed by atoms with Crippen molar-refractivity contribution >= 4 is 17.8 Å². The highest BCUT2D eigenvalue weighted by atomic mass is 16.2. The van der Waals surface area contributed by atoms with Crippen molar-refractivity contribution in [3.8, 4) is 11.1 Å².